The number of Topliss-reactive ketones (excluding diaryl/α,β-unsaturated/α-hetero) is 1. The van der Waals surface area contributed by atoms with Crippen molar-refractivity contribution in [3.8, 4) is 0 Å². The summed E-state index contributed by atoms with van der Waals surface area (Å²) in [4.78, 5) is 14.0. The van der Waals surface area contributed by atoms with Crippen molar-refractivity contribution < 1.29 is 67.5 Å². The second-order valence-corrected chi connectivity index (χ2v) is 14.6. The molecule has 8 aromatic carbocycles. The van der Waals surface area contributed by atoms with E-state index in [1.54, 1.807) is 0 Å². The number of hydrogen-bond donors (Lipinski definition) is 1. The minimum absolute atomic E-state index is 0. The molecule has 0 bridgehead atoms. The van der Waals surface area contributed by atoms with Crippen molar-refractivity contribution >= 4 is 28.1 Å². The Kier molecular flexibility index (Phi) is 25.0. The average Bonchev–Trinajstić information content (AvgIpc) is 3.93. The van der Waals surface area contributed by atoms with Gasteiger partial charge in [0.1, 0.15) is 6.10 Å². The van der Waals surface area contributed by atoms with Crippen LogP contribution in [0.2, 0.25) is 0 Å². The van der Waals surface area contributed by atoms with Crippen molar-refractivity contribution in [1.29, 1.82) is 0 Å². The molecule has 1 saturated carbocycles. The van der Waals surface area contributed by atoms with Crippen LogP contribution in [0.4, 0.5) is 0 Å². The second-order valence-electron chi connectivity index (χ2n) is 14.6. The van der Waals surface area contributed by atoms with Gasteiger partial charge in [-0.15, -0.1) is 0 Å². The molecule has 8 heteroatoms. The molecule has 0 aromatic heterocycles. The Hall–Kier alpha value is -6.92. The zero-order valence-corrected chi connectivity index (χ0v) is 40.8. The molecule has 0 saturated heterocycles. The first-order valence-corrected chi connectivity index (χ1v) is 21.0. The molecule has 6 nitrogen and oxygen atoms in total. The number of allylic oxidation sites excluding steroid dienone is 4. The van der Waals surface area contributed by atoms with Crippen molar-refractivity contribution in [2.24, 2.45) is 0 Å². The van der Waals surface area contributed by atoms with Gasteiger partial charge in [0, 0.05) is 73.1 Å². The third kappa shape index (κ3) is 13.2. The number of carbonyl (C=O) groups excluding carboxylic acids is 1. The number of aliphatic hydroxyl groups excluding tert-OH is 1. The minimum Gasteiger partial charge on any atom is 0 e. The first-order valence-electron chi connectivity index (χ1n) is 21.0. The Morgan fingerprint density at radius 3 is 0.600 bits per heavy atom. The third-order valence-corrected chi connectivity index (χ3v) is 10.9. The fraction of sp³-hybridized carbons (Fsp3) is 0. The molecule has 2 aliphatic rings. The summed E-state index contributed by atoms with van der Waals surface area (Å²) in [6, 6.07) is 81.4. The molecule has 70 heavy (non-hydrogen) atoms. The predicted octanol–water partition coefficient (Wildman–Crippen LogP) is 13.0. The van der Waals surface area contributed by atoms with E-state index in [9.17, 15) is 9.90 Å². The Labute approximate surface area is 436 Å². The van der Waals surface area contributed by atoms with Gasteiger partial charge in [-0.2, -0.15) is 0 Å². The van der Waals surface area contributed by atoms with Gasteiger partial charge < -0.3 is 5.11 Å². The van der Waals surface area contributed by atoms with Crippen molar-refractivity contribution in [1.82, 2.24) is 0 Å². The minimum atomic E-state index is 0. The van der Waals surface area contributed by atoms with E-state index in [2.05, 4.69) is 99.4 Å². The molecule has 0 spiro atoms. The zero-order chi connectivity index (χ0) is 48.7. The summed E-state index contributed by atoms with van der Waals surface area (Å²) in [6.45, 7) is 18.0. The zero-order valence-electron chi connectivity index (χ0n) is 37.3. The van der Waals surface area contributed by atoms with Gasteiger partial charge in [0.2, 0.25) is 0 Å². The van der Waals surface area contributed by atoms with Crippen molar-refractivity contribution in [2.75, 3.05) is 0 Å². The van der Waals surface area contributed by atoms with E-state index in [1.807, 2.05) is 170 Å². The molecule has 0 aliphatic heterocycles. The van der Waals surface area contributed by atoms with Gasteiger partial charge in [0.15, 0.2) is 5.78 Å². The standard InChI is InChI=1S/C29H21O.C29H20O.4CO.2Ru/c2*30-29-27(23-17-9-3-10-18-23)25(21-13-5-1-6-14-21)26(22-15-7-2-8-16-22)28(29)24-19-11-4-12-20-24;4*1-2;;/h1-20,30H;1-20H;;;;;;. The maximum atomic E-state index is 14.0. The average molecular weight is 1080 g/mol. The van der Waals surface area contributed by atoms with E-state index >= 15 is 0 Å². The normalized spacial score (nSPS) is 13.2. The van der Waals surface area contributed by atoms with Crippen LogP contribution in [0.3, 0.4) is 0 Å². The quantitative estimate of drug-likeness (QED) is 0.0927. The number of ketones is 1. The summed E-state index contributed by atoms with van der Waals surface area (Å²) in [5, 5.41) is 11.6. The number of carbonyl (C=O) groups is 1. The Bertz CT molecular complexity index is 2710. The fourth-order valence-corrected chi connectivity index (χ4v) is 8.32. The molecular formula is C62H41O6Ru2. The van der Waals surface area contributed by atoms with Crippen LogP contribution in [-0.2, 0) is 62.4 Å². The summed E-state index contributed by atoms with van der Waals surface area (Å²) in [5.74, 6) is 3.94. The smallest absolute Gasteiger partial charge is 0 e. The maximum absolute atomic E-state index is 14.0. The van der Waals surface area contributed by atoms with Crippen molar-refractivity contribution in [2.45, 2.75) is 0 Å². The summed E-state index contributed by atoms with van der Waals surface area (Å²) in [7, 11) is 0. The fourth-order valence-electron chi connectivity index (χ4n) is 8.32. The van der Waals surface area contributed by atoms with E-state index in [4.69, 9.17) is 18.6 Å². The Morgan fingerprint density at radius 1 is 0.243 bits per heavy atom. The number of rotatable bonds is 8. The first kappa shape index (κ1) is 57.4. The van der Waals surface area contributed by atoms with Gasteiger partial charge in [0.25, 0.3) is 0 Å². The molecule has 0 unspecified atom stereocenters. The summed E-state index contributed by atoms with van der Waals surface area (Å²) in [6.07, 6.45) is 0.324. The monoisotopic (exact) mass is 1090 g/mol. The van der Waals surface area contributed by atoms with Crippen LogP contribution in [0.5, 0.6) is 0 Å². The third-order valence-electron chi connectivity index (χ3n) is 10.9. The SMILES string of the molecule is O=C1C(c2ccccc2)=C(c2ccccc2)C(c2ccccc2)=C1c1ccccc1.O[C]1[C](c2ccccc2)[C](c2ccccc2)[C](c2ccccc2)[C]1c1ccccc1.[C-]#[O+].[C-]#[O+].[C-]#[O+].[C-]#[O+].[Ru].[Ru]. The van der Waals surface area contributed by atoms with Gasteiger partial charge in [-0.25, -0.2) is 0 Å². The largest absolute Gasteiger partial charge is 0 e. The van der Waals surface area contributed by atoms with Crippen LogP contribution in [0.1, 0.15) is 44.5 Å². The predicted molar refractivity (Wildman–Crippen MR) is 260 cm³/mol. The van der Waals surface area contributed by atoms with Crippen LogP contribution < -0.4 is 0 Å². The van der Waals surface area contributed by atoms with Gasteiger partial charge in [-0.05, 0) is 44.5 Å². The number of benzene rings is 8. The van der Waals surface area contributed by atoms with Crippen LogP contribution in [0.25, 0.3) is 22.3 Å². The molecule has 0 atom stereocenters. The molecule has 1 fully saturated rings. The number of hydrogen-bond acceptors (Lipinski definition) is 2. The van der Waals surface area contributed by atoms with E-state index in [-0.39, 0.29) is 44.7 Å². The van der Waals surface area contributed by atoms with Crippen LogP contribution in [0.15, 0.2) is 243 Å². The first-order chi connectivity index (χ1) is 33.7. The van der Waals surface area contributed by atoms with Gasteiger partial charge in [0.05, 0.1) is 11.8 Å². The second kappa shape index (κ2) is 30.5. The van der Waals surface area contributed by atoms with E-state index in [1.165, 1.54) is 0 Å². The van der Waals surface area contributed by atoms with Crippen LogP contribution in [-0.4, -0.2) is 10.9 Å². The van der Waals surface area contributed by atoms with E-state index in [0.29, 0.717) is 6.10 Å². The molecule has 8 aromatic rings. The van der Waals surface area contributed by atoms with Crippen molar-refractivity contribution in [3.05, 3.63) is 344 Å². The number of aliphatic hydroxyl groups is 1. The Balaban J connectivity index is 0.000000317. The van der Waals surface area contributed by atoms with Gasteiger partial charge >= 0.3 is 45.2 Å². The molecular weight excluding hydrogens is 1040 g/mol. The van der Waals surface area contributed by atoms with Gasteiger partial charge in [-0.3, -0.25) is 4.79 Å². The molecule has 1 N–H and O–H groups in total. The molecule has 5 radical (unpaired) electrons. The van der Waals surface area contributed by atoms with E-state index in [0.717, 1.165) is 90.5 Å². The molecule has 341 valence electrons. The molecule has 10 rings (SSSR count). The molecule has 0 heterocycles. The Morgan fingerprint density at radius 2 is 0.400 bits per heavy atom. The summed E-state index contributed by atoms with van der Waals surface area (Å²) >= 11 is 0. The maximum Gasteiger partial charge on any atom is 0 e. The van der Waals surface area contributed by atoms with Crippen LogP contribution in [0, 0.1) is 56.4 Å². The molecule has 0 amide bonds. The summed E-state index contributed by atoms with van der Waals surface area (Å²) < 4.78 is 30.0. The van der Waals surface area contributed by atoms with E-state index < -0.39 is 0 Å². The van der Waals surface area contributed by atoms with Crippen LogP contribution >= 0.6 is 0 Å². The topological polar surface area (TPSA) is 117 Å². The van der Waals surface area contributed by atoms with Gasteiger partial charge in [-0.1, -0.05) is 243 Å². The van der Waals surface area contributed by atoms with Crippen molar-refractivity contribution in [3.63, 3.8) is 0 Å². The molecule has 2 aliphatic carbocycles. The summed E-state index contributed by atoms with van der Waals surface area (Å²) in [5.41, 5.74) is 11.7.